The predicted octanol–water partition coefficient (Wildman–Crippen LogP) is 4.33. The molecule has 0 fully saturated rings. The van der Waals surface area contributed by atoms with Gasteiger partial charge in [0.05, 0.1) is 0 Å². The van der Waals surface area contributed by atoms with Crippen molar-refractivity contribution in [3.05, 3.63) is 64.7 Å². The molecule has 0 aliphatic heterocycles. The predicted molar refractivity (Wildman–Crippen MR) is 86.7 cm³/mol. The summed E-state index contributed by atoms with van der Waals surface area (Å²) in [6.45, 7) is 6.10. The minimum Gasteiger partial charge on any atom is -0.399 e. The first-order valence-electron chi connectivity index (χ1n) is 6.88. The number of nitrogens with zero attached hydrogens (tertiary/aromatic N) is 1. The van der Waals surface area contributed by atoms with Crippen LogP contribution in [0.2, 0.25) is 5.02 Å². The van der Waals surface area contributed by atoms with Gasteiger partial charge >= 0.3 is 0 Å². The van der Waals surface area contributed by atoms with E-state index in [0.29, 0.717) is 6.04 Å². The normalized spacial score (nSPS) is 11.2. The zero-order valence-electron chi connectivity index (χ0n) is 12.0. The lowest BCUT2D eigenvalue weighted by Gasteiger charge is -2.27. The molecule has 106 valence electrons. The fourth-order valence-corrected chi connectivity index (χ4v) is 2.35. The van der Waals surface area contributed by atoms with Crippen molar-refractivity contribution in [2.75, 3.05) is 5.73 Å². The van der Waals surface area contributed by atoms with E-state index in [4.69, 9.17) is 17.3 Å². The van der Waals surface area contributed by atoms with E-state index >= 15 is 0 Å². The van der Waals surface area contributed by atoms with Gasteiger partial charge in [0, 0.05) is 29.8 Å². The molecular weight excluding hydrogens is 268 g/mol. The molecule has 20 heavy (non-hydrogen) atoms. The average molecular weight is 289 g/mol. The van der Waals surface area contributed by atoms with Crippen LogP contribution in [0.3, 0.4) is 0 Å². The Hall–Kier alpha value is -1.51. The summed E-state index contributed by atoms with van der Waals surface area (Å²) >= 11 is 6.27. The van der Waals surface area contributed by atoms with Gasteiger partial charge in [-0.2, -0.15) is 0 Å². The standard InChI is InChI=1S/C17H21ClN2/c1-13(2)20(11-14-6-4-3-5-7-14)12-15-10-16(19)8-9-17(15)18/h3-10,13H,11-12,19H2,1-2H3. The molecule has 0 bridgehead atoms. The molecule has 2 aromatic rings. The lowest BCUT2D eigenvalue weighted by atomic mass is 10.1. The zero-order valence-corrected chi connectivity index (χ0v) is 12.8. The molecule has 2 rings (SSSR count). The molecule has 2 N–H and O–H groups in total. The summed E-state index contributed by atoms with van der Waals surface area (Å²) in [5.74, 6) is 0. The van der Waals surface area contributed by atoms with Gasteiger partial charge < -0.3 is 5.73 Å². The van der Waals surface area contributed by atoms with Crippen LogP contribution in [0.25, 0.3) is 0 Å². The first kappa shape index (κ1) is 14.9. The SMILES string of the molecule is CC(C)N(Cc1ccccc1)Cc1cc(N)ccc1Cl. The van der Waals surface area contributed by atoms with Gasteiger partial charge in [0.15, 0.2) is 0 Å². The van der Waals surface area contributed by atoms with Crippen LogP contribution in [0.15, 0.2) is 48.5 Å². The van der Waals surface area contributed by atoms with Crippen molar-refractivity contribution in [1.82, 2.24) is 4.90 Å². The second-order valence-electron chi connectivity index (χ2n) is 5.34. The van der Waals surface area contributed by atoms with Gasteiger partial charge in [-0.05, 0) is 43.2 Å². The maximum atomic E-state index is 6.27. The molecule has 0 amide bonds. The van der Waals surface area contributed by atoms with Gasteiger partial charge in [-0.3, -0.25) is 4.90 Å². The number of rotatable bonds is 5. The number of hydrogen-bond donors (Lipinski definition) is 1. The van der Waals surface area contributed by atoms with E-state index in [1.54, 1.807) is 0 Å². The molecule has 0 saturated carbocycles. The van der Waals surface area contributed by atoms with Crippen molar-refractivity contribution in [1.29, 1.82) is 0 Å². The molecule has 0 saturated heterocycles. The van der Waals surface area contributed by atoms with E-state index in [9.17, 15) is 0 Å². The topological polar surface area (TPSA) is 29.3 Å². The van der Waals surface area contributed by atoms with Crippen molar-refractivity contribution in [2.24, 2.45) is 0 Å². The van der Waals surface area contributed by atoms with Crippen molar-refractivity contribution < 1.29 is 0 Å². The number of nitrogens with two attached hydrogens (primary N) is 1. The molecule has 3 heteroatoms. The maximum Gasteiger partial charge on any atom is 0.0452 e. The Morgan fingerprint density at radius 3 is 2.40 bits per heavy atom. The van der Waals surface area contributed by atoms with Gasteiger partial charge in [0.2, 0.25) is 0 Å². The molecule has 0 spiro atoms. The van der Waals surface area contributed by atoms with Gasteiger partial charge in [-0.15, -0.1) is 0 Å². The Labute approximate surface area is 126 Å². The third kappa shape index (κ3) is 3.99. The monoisotopic (exact) mass is 288 g/mol. The quantitative estimate of drug-likeness (QED) is 0.830. The van der Waals surface area contributed by atoms with E-state index in [2.05, 4.69) is 43.0 Å². The molecule has 2 aromatic carbocycles. The van der Waals surface area contributed by atoms with Gasteiger partial charge in [0.1, 0.15) is 0 Å². The maximum absolute atomic E-state index is 6.27. The Morgan fingerprint density at radius 1 is 1.05 bits per heavy atom. The van der Waals surface area contributed by atoms with E-state index in [1.807, 2.05) is 24.3 Å². The van der Waals surface area contributed by atoms with Crippen LogP contribution in [0.1, 0.15) is 25.0 Å². The van der Waals surface area contributed by atoms with Crippen LogP contribution in [0, 0.1) is 0 Å². The molecule has 0 heterocycles. The van der Waals surface area contributed by atoms with Crippen LogP contribution in [0.5, 0.6) is 0 Å². The third-order valence-corrected chi connectivity index (χ3v) is 3.77. The first-order valence-corrected chi connectivity index (χ1v) is 7.26. The molecule has 0 aliphatic carbocycles. The molecule has 2 nitrogen and oxygen atoms in total. The molecule has 0 radical (unpaired) electrons. The van der Waals surface area contributed by atoms with Crippen molar-refractivity contribution >= 4 is 17.3 Å². The summed E-state index contributed by atoms with van der Waals surface area (Å²) in [5, 5.41) is 0.776. The fourth-order valence-electron chi connectivity index (χ4n) is 2.17. The molecule has 0 atom stereocenters. The number of benzene rings is 2. The number of anilines is 1. The first-order chi connectivity index (χ1) is 9.56. The summed E-state index contributed by atoms with van der Waals surface area (Å²) in [6, 6.07) is 16.6. The minimum absolute atomic E-state index is 0.438. The van der Waals surface area contributed by atoms with E-state index in [0.717, 1.165) is 29.4 Å². The highest BCUT2D eigenvalue weighted by molar-refractivity contribution is 6.31. The van der Waals surface area contributed by atoms with Crippen LogP contribution < -0.4 is 5.73 Å². The Kier molecular flexibility index (Phi) is 5.05. The van der Waals surface area contributed by atoms with Gasteiger partial charge in [-0.1, -0.05) is 41.9 Å². The van der Waals surface area contributed by atoms with Crippen LogP contribution >= 0.6 is 11.6 Å². The number of hydrogen-bond acceptors (Lipinski definition) is 2. The minimum atomic E-state index is 0.438. The summed E-state index contributed by atoms with van der Waals surface area (Å²) in [7, 11) is 0. The highest BCUT2D eigenvalue weighted by atomic mass is 35.5. The van der Waals surface area contributed by atoms with Crippen LogP contribution in [0.4, 0.5) is 5.69 Å². The lowest BCUT2D eigenvalue weighted by molar-refractivity contribution is 0.204. The highest BCUT2D eigenvalue weighted by Crippen LogP contribution is 2.22. The average Bonchev–Trinajstić information content (AvgIpc) is 2.43. The summed E-state index contributed by atoms with van der Waals surface area (Å²) in [6.07, 6.45) is 0. The number of nitrogen functional groups attached to an aromatic ring is 1. The van der Waals surface area contributed by atoms with Crippen molar-refractivity contribution in [3.8, 4) is 0 Å². The van der Waals surface area contributed by atoms with E-state index in [1.165, 1.54) is 5.56 Å². The smallest absolute Gasteiger partial charge is 0.0452 e. The van der Waals surface area contributed by atoms with Crippen molar-refractivity contribution in [3.63, 3.8) is 0 Å². The van der Waals surface area contributed by atoms with E-state index in [-0.39, 0.29) is 0 Å². The van der Waals surface area contributed by atoms with E-state index < -0.39 is 0 Å². The third-order valence-electron chi connectivity index (χ3n) is 3.40. The summed E-state index contributed by atoms with van der Waals surface area (Å²) in [5.41, 5.74) is 9.00. The second kappa shape index (κ2) is 6.78. The molecule has 0 aromatic heterocycles. The largest absolute Gasteiger partial charge is 0.399 e. The molecule has 0 unspecified atom stereocenters. The highest BCUT2D eigenvalue weighted by Gasteiger charge is 2.13. The molecular formula is C17H21ClN2. The van der Waals surface area contributed by atoms with Crippen molar-refractivity contribution in [2.45, 2.75) is 33.0 Å². The zero-order chi connectivity index (χ0) is 14.5. The summed E-state index contributed by atoms with van der Waals surface area (Å²) in [4.78, 5) is 2.38. The molecule has 0 aliphatic rings. The Balaban J connectivity index is 2.15. The Morgan fingerprint density at radius 2 is 1.75 bits per heavy atom. The Bertz CT molecular complexity index is 552. The number of halogens is 1. The second-order valence-corrected chi connectivity index (χ2v) is 5.74. The lowest BCUT2D eigenvalue weighted by Crippen LogP contribution is -2.30. The van der Waals surface area contributed by atoms with Gasteiger partial charge in [-0.25, -0.2) is 0 Å². The van der Waals surface area contributed by atoms with Crippen LogP contribution in [-0.4, -0.2) is 10.9 Å². The fraction of sp³-hybridized carbons (Fsp3) is 0.294. The van der Waals surface area contributed by atoms with Crippen LogP contribution in [-0.2, 0) is 13.1 Å². The summed E-state index contributed by atoms with van der Waals surface area (Å²) < 4.78 is 0. The van der Waals surface area contributed by atoms with Gasteiger partial charge in [0.25, 0.3) is 0 Å².